The lowest BCUT2D eigenvalue weighted by Gasteiger charge is -2.51. The molecule has 2 aliphatic rings. The Kier molecular flexibility index (Phi) is 6.48. The van der Waals surface area contributed by atoms with E-state index < -0.39 is 45.6 Å². The number of thioether (sulfide) groups is 1. The molecule has 1 aromatic carbocycles. The molecule has 0 saturated carbocycles. The molecule has 7 nitrogen and oxygen atoms in total. The minimum atomic E-state index is -1.21. The van der Waals surface area contributed by atoms with E-state index >= 15 is 0 Å². The van der Waals surface area contributed by atoms with Crippen molar-refractivity contribution in [3.8, 4) is 5.75 Å². The van der Waals surface area contributed by atoms with Crippen LogP contribution >= 0.6 is 35.0 Å². The third-order valence-corrected chi connectivity index (χ3v) is 7.68. The Balaban J connectivity index is 1.80. The lowest BCUT2D eigenvalue weighted by molar-refractivity contribution is -0.168. The number of aliphatic carboxylic acids is 1. The quantitative estimate of drug-likeness (QED) is 0.566. The molecule has 0 spiro atoms. The molecule has 4 atom stereocenters. The predicted octanol–water partition coefficient (Wildman–Crippen LogP) is 3.81. The van der Waals surface area contributed by atoms with Crippen molar-refractivity contribution in [2.75, 3.05) is 0 Å². The number of carboxylic acids is 1. The summed E-state index contributed by atoms with van der Waals surface area (Å²) in [6.07, 6.45) is -0.465. The Hall–Kier alpha value is -1.64. The van der Waals surface area contributed by atoms with E-state index in [1.54, 1.807) is 39.0 Å². The number of β-lactam (4-membered cyclic amide) rings is 1. The Labute approximate surface area is 195 Å². The topological polar surface area (TPSA) is 95.9 Å². The first-order chi connectivity index (χ1) is 14.3. The van der Waals surface area contributed by atoms with Gasteiger partial charge in [0, 0.05) is 14.8 Å². The van der Waals surface area contributed by atoms with Gasteiger partial charge >= 0.3 is 5.97 Å². The number of carbonyl (C=O) groups excluding carboxylic acids is 2. The summed E-state index contributed by atoms with van der Waals surface area (Å²) in [5, 5.41) is 12.7. The number of nitrogens with one attached hydrogen (secondary N) is 1. The zero-order valence-corrected chi connectivity index (χ0v) is 20.3. The van der Waals surface area contributed by atoms with E-state index in [-0.39, 0.29) is 5.92 Å². The molecule has 1 aromatic rings. The van der Waals surface area contributed by atoms with Gasteiger partial charge in [0.15, 0.2) is 6.10 Å². The second-order valence-corrected chi connectivity index (χ2v) is 11.7. The number of amides is 2. The van der Waals surface area contributed by atoms with Crippen molar-refractivity contribution in [1.82, 2.24) is 10.2 Å². The Bertz CT molecular complexity index is 905. The fraction of sp³-hybridized carbons (Fsp3) is 0.571. The van der Waals surface area contributed by atoms with Crippen LogP contribution in [0.4, 0.5) is 0 Å². The smallest absolute Gasteiger partial charge is 0.327 e. The van der Waals surface area contributed by atoms with Gasteiger partial charge in [0.2, 0.25) is 0 Å². The molecule has 10 heteroatoms. The van der Waals surface area contributed by atoms with Crippen LogP contribution < -0.4 is 10.1 Å². The van der Waals surface area contributed by atoms with E-state index in [1.165, 1.54) is 16.7 Å². The third kappa shape index (κ3) is 4.47. The average Bonchev–Trinajstić information content (AvgIpc) is 2.89. The molecule has 2 heterocycles. The van der Waals surface area contributed by atoms with Crippen LogP contribution in [-0.4, -0.2) is 55.6 Å². The van der Waals surface area contributed by atoms with Crippen molar-refractivity contribution in [1.29, 1.82) is 0 Å². The fourth-order valence-electron chi connectivity index (χ4n) is 4.07. The number of fused-ring (bicyclic) bond motifs is 1. The maximum Gasteiger partial charge on any atom is 0.327 e. The molecular weight excluding hydrogens is 463 g/mol. The van der Waals surface area contributed by atoms with E-state index in [2.05, 4.69) is 5.32 Å². The molecule has 0 radical (unpaired) electrons. The van der Waals surface area contributed by atoms with Gasteiger partial charge in [-0.15, -0.1) is 11.8 Å². The van der Waals surface area contributed by atoms with Gasteiger partial charge < -0.3 is 20.1 Å². The Morgan fingerprint density at radius 1 is 1.23 bits per heavy atom. The molecule has 2 saturated heterocycles. The first kappa shape index (κ1) is 24.0. The minimum absolute atomic E-state index is 0.142. The Morgan fingerprint density at radius 2 is 1.81 bits per heavy atom. The number of carbonyl (C=O) groups is 3. The van der Waals surface area contributed by atoms with E-state index in [1.807, 2.05) is 13.8 Å². The lowest BCUT2D eigenvalue weighted by atomic mass is 9.86. The largest absolute Gasteiger partial charge is 0.480 e. The van der Waals surface area contributed by atoms with Crippen LogP contribution in [0.2, 0.25) is 10.0 Å². The molecule has 1 unspecified atom stereocenters. The van der Waals surface area contributed by atoms with Crippen LogP contribution in [-0.2, 0) is 14.4 Å². The molecule has 0 bridgehead atoms. The van der Waals surface area contributed by atoms with Crippen molar-refractivity contribution in [3.05, 3.63) is 28.2 Å². The summed E-state index contributed by atoms with van der Waals surface area (Å²) in [7, 11) is 0. The summed E-state index contributed by atoms with van der Waals surface area (Å²) < 4.78 is 5.22. The summed E-state index contributed by atoms with van der Waals surface area (Å²) in [6.45, 7) is 9.12. The van der Waals surface area contributed by atoms with Crippen LogP contribution in [0, 0.1) is 5.92 Å². The molecule has 2 aliphatic heterocycles. The van der Waals surface area contributed by atoms with Crippen molar-refractivity contribution in [2.24, 2.45) is 5.92 Å². The van der Waals surface area contributed by atoms with Crippen LogP contribution in [0.1, 0.15) is 41.0 Å². The number of hydrogen-bond acceptors (Lipinski definition) is 5. The normalized spacial score (nSPS) is 27.5. The highest BCUT2D eigenvalue weighted by Crippen LogP contribution is 2.54. The molecule has 0 aliphatic carbocycles. The molecular formula is C21H26Cl2N2O5S. The molecule has 0 aromatic heterocycles. The predicted molar refractivity (Wildman–Crippen MR) is 121 cm³/mol. The summed E-state index contributed by atoms with van der Waals surface area (Å²) in [5.41, 5.74) is -1.21. The summed E-state index contributed by atoms with van der Waals surface area (Å²) in [5.74, 6) is -1.42. The van der Waals surface area contributed by atoms with Crippen molar-refractivity contribution in [3.63, 3.8) is 0 Å². The van der Waals surface area contributed by atoms with E-state index in [9.17, 15) is 19.5 Å². The van der Waals surface area contributed by atoms with Crippen LogP contribution in [0.15, 0.2) is 18.2 Å². The van der Waals surface area contributed by atoms with Crippen molar-refractivity contribution >= 4 is 52.7 Å². The van der Waals surface area contributed by atoms with Gasteiger partial charge in [0.25, 0.3) is 11.8 Å². The van der Waals surface area contributed by atoms with Gasteiger partial charge in [-0.25, -0.2) is 4.79 Å². The zero-order valence-electron chi connectivity index (χ0n) is 17.9. The molecule has 170 valence electrons. The van der Waals surface area contributed by atoms with Crippen LogP contribution in [0.5, 0.6) is 5.75 Å². The number of ether oxygens (including phenoxy) is 1. The van der Waals surface area contributed by atoms with Crippen molar-refractivity contribution in [2.45, 2.75) is 68.8 Å². The summed E-state index contributed by atoms with van der Waals surface area (Å²) in [6, 6.07) is 3.75. The third-order valence-electron chi connectivity index (χ3n) is 5.49. The molecule has 3 rings (SSSR count). The second-order valence-electron chi connectivity index (χ2n) is 9.06. The fourth-order valence-corrected chi connectivity index (χ4v) is 6.22. The average molecular weight is 489 g/mol. The highest BCUT2D eigenvalue weighted by atomic mass is 35.5. The minimum Gasteiger partial charge on any atom is -0.480 e. The lowest BCUT2D eigenvalue weighted by Crippen LogP contribution is -2.78. The number of nitrogens with zero attached hydrogens (tertiary/aromatic N) is 1. The van der Waals surface area contributed by atoms with Gasteiger partial charge in [0.05, 0.1) is 0 Å². The number of halogens is 2. The Morgan fingerprint density at radius 3 is 2.32 bits per heavy atom. The van der Waals surface area contributed by atoms with Gasteiger partial charge in [-0.05, 0) is 51.3 Å². The van der Waals surface area contributed by atoms with Gasteiger partial charge in [-0.2, -0.15) is 0 Å². The standard InChI is InChI=1S/C21H26Cl2N2O5S/c1-10(2)6-14(30-13-8-11(22)7-12(23)9-13)16(26)24-21(5)18(29)25-15(17(27)28)20(3,4)31-19(21)25/h7-10,14-15,19H,6H2,1-5H3,(H,24,26)(H,27,28)/t14?,15-,19+,21-/m0/s1. The summed E-state index contributed by atoms with van der Waals surface area (Å²) >= 11 is 13.4. The first-order valence-electron chi connectivity index (χ1n) is 9.94. The molecule has 2 N–H and O–H groups in total. The number of hydrogen-bond donors (Lipinski definition) is 2. The molecule has 2 amide bonds. The van der Waals surface area contributed by atoms with Crippen LogP contribution in [0.25, 0.3) is 0 Å². The SMILES string of the molecule is CC(C)CC(Oc1cc(Cl)cc(Cl)c1)C(=O)N[C@@]1(C)C(=O)N2[C@@H](C(=O)O)C(C)(C)S[C@@H]21. The van der Waals surface area contributed by atoms with Gasteiger partial charge in [-0.1, -0.05) is 37.0 Å². The molecule has 31 heavy (non-hydrogen) atoms. The first-order valence-corrected chi connectivity index (χ1v) is 11.6. The van der Waals surface area contributed by atoms with E-state index in [4.69, 9.17) is 27.9 Å². The van der Waals surface area contributed by atoms with Gasteiger partial charge in [-0.3, -0.25) is 9.59 Å². The van der Waals surface area contributed by atoms with Gasteiger partial charge in [0.1, 0.15) is 22.7 Å². The highest BCUT2D eigenvalue weighted by Gasteiger charge is 2.70. The number of rotatable bonds is 7. The summed E-state index contributed by atoms with van der Waals surface area (Å²) in [4.78, 5) is 39.2. The zero-order chi connectivity index (χ0) is 23.3. The number of carboxylic acid groups (broad SMARTS) is 1. The van der Waals surface area contributed by atoms with Crippen molar-refractivity contribution < 1.29 is 24.2 Å². The number of benzene rings is 1. The maximum absolute atomic E-state index is 13.2. The van der Waals surface area contributed by atoms with E-state index in [0.717, 1.165) is 0 Å². The maximum atomic E-state index is 13.2. The highest BCUT2D eigenvalue weighted by molar-refractivity contribution is 8.01. The molecule has 2 fully saturated rings. The second kappa shape index (κ2) is 8.37. The van der Waals surface area contributed by atoms with E-state index in [0.29, 0.717) is 22.2 Å². The monoisotopic (exact) mass is 488 g/mol. The van der Waals surface area contributed by atoms with Crippen LogP contribution in [0.3, 0.4) is 0 Å².